The van der Waals surface area contributed by atoms with E-state index < -0.39 is 0 Å². The van der Waals surface area contributed by atoms with Crippen molar-refractivity contribution in [3.63, 3.8) is 0 Å². The Labute approximate surface area is 123 Å². The summed E-state index contributed by atoms with van der Waals surface area (Å²) in [5.41, 5.74) is 2.84. The second kappa shape index (κ2) is 6.68. The van der Waals surface area contributed by atoms with Gasteiger partial charge in [-0.3, -0.25) is 9.88 Å². The first-order chi connectivity index (χ1) is 9.56. The molecule has 1 aliphatic heterocycles. The molecular weight excluding hydrogens is 246 g/mol. The number of nitrogens with one attached hydrogen (secondary N) is 1. The zero-order chi connectivity index (χ0) is 14.6. The van der Waals surface area contributed by atoms with Crippen molar-refractivity contribution in [3.8, 4) is 0 Å². The summed E-state index contributed by atoms with van der Waals surface area (Å²) < 4.78 is 0. The van der Waals surface area contributed by atoms with Crippen molar-refractivity contribution in [2.75, 3.05) is 13.1 Å². The predicted octanol–water partition coefficient (Wildman–Crippen LogP) is 3.13. The number of aromatic nitrogens is 1. The molecular formula is C17H29N3. The summed E-state index contributed by atoms with van der Waals surface area (Å²) in [6.45, 7) is 12.3. The predicted molar refractivity (Wildman–Crippen MR) is 84.8 cm³/mol. The molecule has 1 fully saturated rings. The Morgan fingerprint density at radius 2 is 2.20 bits per heavy atom. The van der Waals surface area contributed by atoms with Crippen LogP contribution in [0.4, 0.5) is 0 Å². The van der Waals surface area contributed by atoms with Crippen molar-refractivity contribution in [2.45, 2.75) is 65.1 Å². The minimum atomic E-state index is 0.251. The quantitative estimate of drug-likeness (QED) is 0.895. The molecule has 2 heterocycles. The summed E-state index contributed by atoms with van der Waals surface area (Å²) in [5.74, 6) is 0. The van der Waals surface area contributed by atoms with E-state index in [-0.39, 0.29) is 5.54 Å². The first kappa shape index (κ1) is 15.5. The summed E-state index contributed by atoms with van der Waals surface area (Å²) in [7, 11) is 0. The van der Waals surface area contributed by atoms with E-state index >= 15 is 0 Å². The van der Waals surface area contributed by atoms with Gasteiger partial charge < -0.3 is 5.32 Å². The smallest absolute Gasteiger partial charge is 0.0313 e. The lowest BCUT2D eigenvalue weighted by Crippen LogP contribution is -2.62. The van der Waals surface area contributed by atoms with Crippen molar-refractivity contribution < 1.29 is 0 Å². The molecule has 0 aliphatic carbocycles. The fourth-order valence-electron chi connectivity index (χ4n) is 3.10. The van der Waals surface area contributed by atoms with Crippen LogP contribution in [0.2, 0.25) is 0 Å². The molecule has 1 saturated heterocycles. The molecule has 1 aliphatic rings. The first-order valence-corrected chi connectivity index (χ1v) is 7.96. The topological polar surface area (TPSA) is 28.2 Å². The standard InChI is InChI=1S/C17H29N3/c1-5-7-16-11-19-17(4,6-2)13-20(16)12-15-8-14(3)9-18-10-15/h8-10,16,19H,5-7,11-13H2,1-4H3. The van der Waals surface area contributed by atoms with Gasteiger partial charge in [0.15, 0.2) is 0 Å². The maximum absolute atomic E-state index is 4.33. The zero-order valence-electron chi connectivity index (χ0n) is 13.4. The fraction of sp³-hybridized carbons (Fsp3) is 0.706. The van der Waals surface area contributed by atoms with Crippen LogP contribution in [0, 0.1) is 6.92 Å². The largest absolute Gasteiger partial charge is 0.309 e. The van der Waals surface area contributed by atoms with E-state index in [0.29, 0.717) is 6.04 Å². The Morgan fingerprint density at radius 1 is 1.40 bits per heavy atom. The van der Waals surface area contributed by atoms with Crippen molar-refractivity contribution in [1.82, 2.24) is 15.2 Å². The normalized spacial score (nSPS) is 27.7. The summed E-state index contributed by atoms with van der Waals surface area (Å²) in [5, 5.41) is 3.75. The Hall–Kier alpha value is -0.930. The number of hydrogen-bond donors (Lipinski definition) is 1. The molecule has 0 bridgehead atoms. The SMILES string of the molecule is CCCC1CNC(C)(CC)CN1Cc1cncc(C)c1. The van der Waals surface area contributed by atoms with Crippen LogP contribution in [-0.4, -0.2) is 34.6 Å². The molecule has 2 unspecified atom stereocenters. The maximum atomic E-state index is 4.33. The van der Waals surface area contributed by atoms with Gasteiger partial charge in [0, 0.05) is 43.6 Å². The first-order valence-electron chi connectivity index (χ1n) is 7.96. The van der Waals surface area contributed by atoms with E-state index in [0.717, 1.165) is 19.6 Å². The Bertz CT molecular complexity index is 432. The molecule has 0 spiro atoms. The number of nitrogens with zero attached hydrogens (tertiary/aromatic N) is 2. The minimum absolute atomic E-state index is 0.251. The van der Waals surface area contributed by atoms with Gasteiger partial charge in [0.1, 0.15) is 0 Å². The average Bonchev–Trinajstić information content (AvgIpc) is 2.42. The Balaban J connectivity index is 2.10. The second-order valence-corrected chi connectivity index (χ2v) is 6.51. The molecule has 1 aromatic heterocycles. The molecule has 0 aromatic carbocycles. The van der Waals surface area contributed by atoms with Gasteiger partial charge in [-0.2, -0.15) is 0 Å². The van der Waals surface area contributed by atoms with Crippen LogP contribution in [0.25, 0.3) is 0 Å². The maximum Gasteiger partial charge on any atom is 0.0313 e. The Morgan fingerprint density at radius 3 is 2.85 bits per heavy atom. The Kier molecular flexibility index (Phi) is 5.17. The molecule has 3 heteroatoms. The fourth-order valence-corrected chi connectivity index (χ4v) is 3.10. The van der Waals surface area contributed by atoms with Gasteiger partial charge in [-0.15, -0.1) is 0 Å². The molecule has 2 atom stereocenters. The van der Waals surface area contributed by atoms with Crippen molar-refractivity contribution in [2.24, 2.45) is 0 Å². The van der Waals surface area contributed by atoms with Gasteiger partial charge in [-0.25, -0.2) is 0 Å². The summed E-state index contributed by atoms with van der Waals surface area (Å²) >= 11 is 0. The van der Waals surface area contributed by atoms with Gasteiger partial charge in [0.25, 0.3) is 0 Å². The lowest BCUT2D eigenvalue weighted by Gasteiger charge is -2.46. The zero-order valence-corrected chi connectivity index (χ0v) is 13.4. The molecule has 1 aromatic rings. The monoisotopic (exact) mass is 275 g/mol. The van der Waals surface area contributed by atoms with Crippen LogP contribution < -0.4 is 5.32 Å². The number of piperazine rings is 1. The lowest BCUT2D eigenvalue weighted by molar-refractivity contribution is 0.0725. The van der Waals surface area contributed by atoms with E-state index in [2.05, 4.69) is 49.0 Å². The minimum Gasteiger partial charge on any atom is -0.309 e. The van der Waals surface area contributed by atoms with Crippen LogP contribution in [0.15, 0.2) is 18.5 Å². The van der Waals surface area contributed by atoms with Crippen LogP contribution in [0.3, 0.4) is 0 Å². The average molecular weight is 275 g/mol. The molecule has 0 radical (unpaired) electrons. The molecule has 20 heavy (non-hydrogen) atoms. The van der Waals surface area contributed by atoms with Crippen molar-refractivity contribution in [1.29, 1.82) is 0 Å². The third-order valence-electron chi connectivity index (χ3n) is 4.55. The van der Waals surface area contributed by atoms with Crippen LogP contribution in [0.1, 0.15) is 51.2 Å². The molecule has 0 saturated carbocycles. The molecule has 2 rings (SSSR count). The van der Waals surface area contributed by atoms with Crippen LogP contribution in [-0.2, 0) is 6.54 Å². The van der Waals surface area contributed by atoms with Crippen LogP contribution in [0.5, 0.6) is 0 Å². The van der Waals surface area contributed by atoms with Gasteiger partial charge in [0.05, 0.1) is 0 Å². The molecule has 1 N–H and O–H groups in total. The number of hydrogen-bond acceptors (Lipinski definition) is 3. The van der Waals surface area contributed by atoms with Gasteiger partial charge >= 0.3 is 0 Å². The third kappa shape index (κ3) is 3.80. The highest BCUT2D eigenvalue weighted by Crippen LogP contribution is 2.23. The highest BCUT2D eigenvalue weighted by atomic mass is 15.2. The molecule has 112 valence electrons. The summed E-state index contributed by atoms with van der Waals surface area (Å²) in [4.78, 5) is 6.99. The number of pyridine rings is 1. The van der Waals surface area contributed by atoms with Crippen molar-refractivity contribution >= 4 is 0 Å². The van der Waals surface area contributed by atoms with E-state index in [1.165, 1.54) is 30.4 Å². The summed E-state index contributed by atoms with van der Waals surface area (Å²) in [6, 6.07) is 2.92. The van der Waals surface area contributed by atoms with Gasteiger partial charge in [0.2, 0.25) is 0 Å². The third-order valence-corrected chi connectivity index (χ3v) is 4.55. The molecule has 0 amide bonds. The van der Waals surface area contributed by atoms with Crippen LogP contribution >= 0.6 is 0 Å². The molecule has 3 nitrogen and oxygen atoms in total. The number of rotatable bonds is 5. The van der Waals surface area contributed by atoms with E-state index in [9.17, 15) is 0 Å². The summed E-state index contributed by atoms with van der Waals surface area (Å²) in [6.07, 6.45) is 7.64. The van der Waals surface area contributed by atoms with E-state index in [4.69, 9.17) is 0 Å². The van der Waals surface area contributed by atoms with Gasteiger partial charge in [-0.1, -0.05) is 26.3 Å². The van der Waals surface area contributed by atoms with Crippen molar-refractivity contribution in [3.05, 3.63) is 29.6 Å². The van der Waals surface area contributed by atoms with Gasteiger partial charge in [-0.05, 0) is 37.8 Å². The lowest BCUT2D eigenvalue weighted by atomic mass is 9.92. The highest BCUT2D eigenvalue weighted by molar-refractivity contribution is 5.17. The van der Waals surface area contributed by atoms with E-state index in [1.807, 2.05) is 12.4 Å². The van der Waals surface area contributed by atoms with E-state index in [1.54, 1.807) is 0 Å². The second-order valence-electron chi connectivity index (χ2n) is 6.51. The number of aryl methyl sites for hydroxylation is 1. The highest BCUT2D eigenvalue weighted by Gasteiger charge is 2.33.